The highest BCUT2D eigenvalue weighted by Crippen LogP contribution is 2.54. The Balaban J connectivity index is 1.20. The first-order valence-electron chi connectivity index (χ1n) is 10.0. The molecule has 2 fully saturated rings. The molecular formula is C23H22N4O2. The van der Waals surface area contributed by atoms with Crippen molar-refractivity contribution < 1.29 is 9.59 Å². The topological polar surface area (TPSA) is 75.2 Å². The largest absolute Gasteiger partial charge is 0.349 e. The average Bonchev–Trinajstić information content (AvgIpc) is 3.44. The SMILES string of the molecule is O=C(NC1CC12CCN(C(=O)c1ccc3ccccc3n1)CC2)c1ccncc1. The molecule has 2 amide bonds. The number of amides is 2. The molecule has 29 heavy (non-hydrogen) atoms. The maximum atomic E-state index is 12.9. The summed E-state index contributed by atoms with van der Waals surface area (Å²) in [6.07, 6.45) is 6.06. The second-order valence-electron chi connectivity index (χ2n) is 8.01. The number of carbonyl (C=O) groups is 2. The van der Waals surface area contributed by atoms with Crippen LogP contribution in [0.3, 0.4) is 0 Å². The van der Waals surface area contributed by atoms with Crippen molar-refractivity contribution in [1.29, 1.82) is 0 Å². The van der Waals surface area contributed by atoms with Crippen LogP contribution in [0.4, 0.5) is 0 Å². The lowest BCUT2D eigenvalue weighted by Crippen LogP contribution is -2.42. The Morgan fingerprint density at radius 2 is 1.76 bits per heavy atom. The third kappa shape index (κ3) is 3.35. The molecule has 0 bridgehead atoms. The number of hydrogen-bond acceptors (Lipinski definition) is 4. The van der Waals surface area contributed by atoms with Gasteiger partial charge in [-0.3, -0.25) is 14.6 Å². The van der Waals surface area contributed by atoms with E-state index in [-0.39, 0.29) is 23.3 Å². The Bertz CT molecular complexity index is 1070. The van der Waals surface area contributed by atoms with Gasteiger partial charge in [0.1, 0.15) is 5.69 Å². The smallest absolute Gasteiger partial charge is 0.272 e. The minimum atomic E-state index is -0.0480. The monoisotopic (exact) mass is 386 g/mol. The predicted molar refractivity (Wildman–Crippen MR) is 109 cm³/mol. The van der Waals surface area contributed by atoms with Gasteiger partial charge in [0.05, 0.1) is 5.52 Å². The van der Waals surface area contributed by atoms with Gasteiger partial charge in [-0.05, 0) is 48.9 Å². The lowest BCUT2D eigenvalue weighted by atomic mass is 9.92. The van der Waals surface area contributed by atoms with E-state index in [0.29, 0.717) is 24.3 Å². The molecule has 1 saturated heterocycles. The van der Waals surface area contributed by atoms with Crippen molar-refractivity contribution in [3.8, 4) is 0 Å². The first kappa shape index (κ1) is 17.8. The molecule has 1 atom stereocenters. The number of pyridine rings is 2. The summed E-state index contributed by atoms with van der Waals surface area (Å²) in [6, 6.07) is 15.2. The summed E-state index contributed by atoms with van der Waals surface area (Å²) in [6.45, 7) is 1.41. The Labute approximate surface area is 169 Å². The predicted octanol–water partition coefficient (Wildman–Crippen LogP) is 3.05. The fourth-order valence-corrected chi connectivity index (χ4v) is 4.35. The number of benzene rings is 1. The maximum Gasteiger partial charge on any atom is 0.272 e. The van der Waals surface area contributed by atoms with Crippen LogP contribution in [-0.4, -0.2) is 45.8 Å². The van der Waals surface area contributed by atoms with Gasteiger partial charge in [0.15, 0.2) is 0 Å². The van der Waals surface area contributed by atoms with Gasteiger partial charge in [-0.15, -0.1) is 0 Å². The van der Waals surface area contributed by atoms with Crippen LogP contribution >= 0.6 is 0 Å². The number of fused-ring (bicyclic) bond motifs is 1. The van der Waals surface area contributed by atoms with Gasteiger partial charge in [0, 0.05) is 42.5 Å². The van der Waals surface area contributed by atoms with Crippen molar-refractivity contribution in [3.63, 3.8) is 0 Å². The number of likely N-dealkylation sites (tertiary alicyclic amines) is 1. The molecule has 3 heterocycles. The van der Waals surface area contributed by atoms with Crippen molar-refractivity contribution in [2.24, 2.45) is 5.41 Å². The molecule has 1 unspecified atom stereocenters. The first-order chi connectivity index (χ1) is 14.1. The number of rotatable bonds is 3. The van der Waals surface area contributed by atoms with Gasteiger partial charge in [-0.1, -0.05) is 24.3 Å². The molecule has 2 aromatic heterocycles. The highest BCUT2D eigenvalue weighted by atomic mass is 16.2. The summed E-state index contributed by atoms with van der Waals surface area (Å²) in [5.41, 5.74) is 2.11. The van der Waals surface area contributed by atoms with E-state index in [1.807, 2.05) is 41.3 Å². The molecule has 1 aliphatic heterocycles. The van der Waals surface area contributed by atoms with E-state index >= 15 is 0 Å². The summed E-state index contributed by atoms with van der Waals surface area (Å²) >= 11 is 0. The van der Waals surface area contributed by atoms with Gasteiger partial charge < -0.3 is 10.2 Å². The van der Waals surface area contributed by atoms with Crippen LogP contribution in [0.2, 0.25) is 0 Å². The Hall–Kier alpha value is -3.28. The Kier molecular flexibility index (Phi) is 4.27. The third-order valence-corrected chi connectivity index (χ3v) is 6.30. The number of nitrogens with zero attached hydrogens (tertiary/aromatic N) is 3. The van der Waals surface area contributed by atoms with Crippen molar-refractivity contribution in [2.45, 2.75) is 25.3 Å². The van der Waals surface area contributed by atoms with Crippen LogP contribution in [0.5, 0.6) is 0 Å². The zero-order valence-electron chi connectivity index (χ0n) is 16.0. The number of carbonyl (C=O) groups excluding carboxylic acids is 2. The Morgan fingerprint density at radius 3 is 2.55 bits per heavy atom. The van der Waals surface area contributed by atoms with E-state index in [4.69, 9.17) is 0 Å². The summed E-state index contributed by atoms with van der Waals surface area (Å²) in [5, 5.41) is 4.18. The molecule has 1 aliphatic carbocycles. The van der Waals surface area contributed by atoms with Gasteiger partial charge in [0.25, 0.3) is 11.8 Å². The molecule has 146 valence electrons. The highest BCUT2D eigenvalue weighted by molar-refractivity contribution is 5.95. The van der Waals surface area contributed by atoms with E-state index in [1.165, 1.54) is 0 Å². The summed E-state index contributed by atoms with van der Waals surface area (Å²) in [7, 11) is 0. The lowest BCUT2D eigenvalue weighted by Gasteiger charge is -2.32. The number of piperidine rings is 1. The van der Waals surface area contributed by atoms with Crippen LogP contribution in [0.25, 0.3) is 10.9 Å². The number of hydrogen-bond donors (Lipinski definition) is 1. The molecule has 2 aliphatic rings. The van der Waals surface area contributed by atoms with Crippen LogP contribution in [0, 0.1) is 5.41 Å². The maximum absolute atomic E-state index is 12.9. The van der Waals surface area contributed by atoms with Gasteiger partial charge in [-0.25, -0.2) is 4.98 Å². The van der Waals surface area contributed by atoms with Crippen molar-refractivity contribution >= 4 is 22.7 Å². The average molecular weight is 386 g/mol. The molecule has 6 heteroatoms. The molecule has 5 rings (SSSR count). The van der Waals surface area contributed by atoms with Crippen LogP contribution < -0.4 is 5.32 Å². The van der Waals surface area contributed by atoms with Gasteiger partial charge in [0.2, 0.25) is 0 Å². The van der Waals surface area contributed by atoms with Crippen LogP contribution in [0.15, 0.2) is 60.9 Å². The van der Waals surface area contributed by atoms with E-state index in [2.05, 4.69) is 15.3 Å². The number of nitrogens with one attached hydrogen (secondary N) is 1. The first-order valence-corrected chi connectivity index (χ1v) is 10.0. The van der Waals surface area contributed by atoms with Gasteiger partial charge in [-0.2, -0.15) is 0 Å². The quantitative estimate of drug-likeness (QED) is 0.751. The number of para-hydroxylation sites is 1. The van der Waals surface area contributed by atoms with Crippen LogP contribution in [0.1, 0.15) is 40.1 Å². The van der Waals surface area contributed by atoms with E-state index < -0.39 is 0 Å². The summed E-state index contributed by atoms with van der Waals surface area (Å²) in [5.74, 6) is -0.0585. The zero-order chi connectivity index (χ0) is 19.8. The second-order valence-corrected chi connectivity index (χ2v) is 8.01. The van der Waals surface area contributed by atoms with Crippen molar-refractivity contribution in [2.75, 3.05) is 13.1 Å². The van der Waals surface area contributed by atoms with E-state index in [9.17, 15) is 9.59 Å². The molecule has 1 N–H and O–H groups in total. The second kappa shape index (κ2) is 6.95. The number of aromatic nitrogens is 2. The summed E-state index contributed by atoms with van der Waals surface area (Å²) in [4.78, 5) is 35.7. The minimum absolute atomic E-state index is 0.0105. The van der Waals surface area contributed by atoms with E-state index in [1.54, 1.807) is 24.5 Å². The molecule has 3 aromatic rings. The zero-order valence-corrected chi connectivity index (χ0v) is 16.0. The van der Waals surface area contributed by atoms with Crippen LogP contribution in [-0.2, 0) is 0 Å². The summed E-state index contributed by atoms with van der Waals surface area (Å²) < 4.78 is 0. The molecule has 6 nitrogen and oxygen atoms in total. The fraction of sp³-hybridized carbons (Fsp3) is 0.304. The Morgan fingerprint density at radius 1 is 1.00 bits per heavy atom. The third-order valence-electron chi connectivity index (χ3n) is 6.30. The lowest BCUT2D eigenvalue weighted by molar-refractivity contribution is 0.0662. The highest BCUT2D eigenvalue weighted by Gasteiger charge is 2.56. The standard InChI is InChI=1S/C23H22N4O2/c28-21(17-7-11-24-12-8-17)26-20-15-23(20)9-13-27(14-10-23)22(29)19-6-5-16-3-1-2-4-18(16)25-19/h1-8,11-12,20H,9-10,13-15H2,(H,26,28). The van der Waals surface area contributed by atoms with Crippen molar-refractivity contribution in [3.05, 3.63) is 72.2 Å². The molecule has 1 saturated carbocycles. The van der Waals surface area contributed by atoms with Crippen molar-refractivity contribution in [1.82, 2.24) is 20.2 Å². The normalized spacial score (nSPS) is 19.9. The molecule has 1 aromatic carbocycles. The molecular weight excluding hydrogens is 364 g/mol. The minimum Gasteiger partial charge on any atom is -0.349 e. The molecule has 0 radical (unpaired) electrons. The molecule has 1 spiro atoms. The van der Waals surface area contributed by atoms with Gasteiger partial charge >= 0.3 is 0 Å². The van der Waals surface area contributed by atoms with E-state index in [0.717, 1.165) is 30.2 Å². The fourth-order valence-electron chi connectivity index (χ4n) is 4.35.